The number of carbonyl (C=O) groups is 1. The molecule has 0 aliphatic heterocycles. The molecule has 0 saturated heterocycles. The highest BCUT2D eigenvalue weighted by atomic mass is 79.9. The minimum atomic E-state index is -0.603. The fraction of sp³-hybridized carbons (Fsp3) is 0.120. The number of amides is 1. The fourth-order valence-corrected chi connectivity index (χ4v) is 3.42. The normalized spacial score (nSPS) is 10.9. The number of nitrogens with one attached hydrogen (secondary N) is 1. The summed E-state index contributed by atoms with van der Waals surface area (Å²) in [6.07, 6.45) is 1.44. The zero-order valence-corrected chi connectivity index (χ0v) is 19.1. The van der Waals surface area contributed by atoms with Crippen LogP contribution in [0.5, 0.6) is 11.5 Å². The molecule has 5 nitrogen and oxygen atoms in total. The van der Waals surface area contributed by atoms with E-state index in [1.165, 1.54) is 43.0 Å². The van der Waals surface area contributed by atoms with Crippen molar-refractivity contribution in [3.8, 4) is 17.6 Å². The average Bonchev–Trinajstić information content (AvgIpc) is 2.79. The van der Waals surface area contributed by atoms with Crippen LogP contribution in [0.15, 0.2) is 70.7 Å². The van der Waals surface area contributed by atoms with Crippen LogP contribution in [0.4, 0.5) is 10.1 Å². The van der Waals surface area contributed by atoms with Crippen LogP contribution in [0.25, 0.3) is 6.08 Å². The summed E-state index contributed by atoms with van der Waals surface area (Å²) in [6, 6.07) is 18.6. The van der Waals surface area contributed by atoms with Crippen LogP contribution in [-0.2, 0) is 11.4 Å². The van der Waals surface area contributed by atoms with Gasteiger partial charge in [-0.05, 0) is 76.5 Å². The molecule has 7 heteroatoms. The smallest absolute Gasteiger partial charge is 0.266 e. The first kappa shape index (κ1) is 23.0. The van der Waals surface area contributed by atoms with Crippen LogP contribution in [0.2, 0.25) is 0 Å². The second kappa shape index (κ2) is 10.6. The Morgan fingerprint density at radius 3 is 2.47 bits per heavy atom. The second-order valence-corrected chi connectivity index (χ2v) is 7.79. The van der Waals surface area contributed by atoms with E-state index in [0.29, 0.717) is 33.8 Å². The van der Waals surface area contributed by atoms with Gasteiger partial charge in [-0.2, -0.15) is 5.26 Å². The van der Waals surface area contributed by atoms with Crippen LogP contribution < -0.4 is 14.8 Å². The zero-order chi connectivity index (χ0) is 23.1. The molecule has 162 valence electrons. The summed E-state index contributed by atoms with van der Waals surface area (Å²) >= 11 is 3.48. The van der Waals surface area contributed by atoms with E-state index in [1.54, 1.807) is 12.1 Å². The van der Waals surface area contributed by atoms with Crippen LogP contribution in [0, 0.1) is 24.1 Å². The van der Waals surface area contributed by atoms with E-state index in [2.05, 4.69) is 21.2 Å². The molecule has 0 atom stereocenters. The number of rotatable bonds is 7. The van der Waals surface area contributed by atoms with E-state index in [1.807, 2.05) is 37.3 Å². The van der Waals surface area contributed by atoms with E-state index in [-0.39, 0.29) is 5.57 Å². The first-order valence-electron chi connectivity index (χ1n) is 9.64. The van der Waals surface area contributed by atoms with E-state index < -0.39 is 11.7 Å². The lowest BCUT2D eigenvalue weighted by atomic mass is 10.1. The third-order valence-corrected chi connectivity index (χ3v) is 5.12. The number of halogens is 2. The molecule has 1 N–H and O–H groups in total. The van der Waals surface area contributed by atoms with Crippen LogP contribution in [0.3, 0.4) is 0 Å². The first-order chi connectivity index (χ1) is 15.4. The van der Waals surface area contributed by atoms with Gasteiger partial charge < -0.3 is 14.8 Å². The molecular weight excluding hydrogens is 475 g/mol. The lowest BCUT2D eigenvalue weighted by molar-refractivity contribution is -0.112. The molecule has 1 amide bonds. The van der Waals surface area contributed by atoms with Crippen molar-refractivity contribution in [3.05, 3.63) is 93.2 Å². The average molecular weight is 495 g/mol. The van der Waals surface area contributed by atoms with Crippen molar-refractivity contribution in [2.24, 2.45) is 0 Å². The largest absolute Gasteiger partial charge is 0.493 e. The maximum atomic E-state index is 13.0. The Bertz CT molecular complexity index is 1180. The molecule has 32 heavy (non-hydrogen) atoms. The third kappa shape index (κ3) is 5.96. The topological polar surface area (TPSA) is 71.3 Å². The first-order valence-corrected chi connectivity index (χ1v) is 10.4. The number of nitriles is 1. The molecule has 3 rings (SSSR count). The zero-order valence-electron chi connectivity index (χ0n) is 17.5. The number of methoxy groups -OCH3 is 1. The van der Waals surface area contributed by atoms with Crippen LogP contribution >= 0.6 is 15.9 Å². The van der Waals surface area contributed by atoms with Crippen molar-refractivity contribution >= 4 is 33.6 Å². The van der Waals surface area contributed by atoms with Crippen molar-refractivity contribution in [2.75, 3.05) is 12.4 Å². The number of ether oxygens (including phenoxy) is 2. The maximum Gasteiger partial charge on any atom is 0.266 e. The maximum absolute atomic E-state index is 13.0. The van der Waals surface area contributed by atoms with Gasteiger partial charge >= 0.3 is 0 Å². The SMILES string of the molecule is COc1cc(/C=C(/C#N)C(=O)Nc2ccc(F)cc2)cc(Br)c1OCc1ccc(C)cc1. The number of benzene rings is 3. The van der Waals surface area contributed by atoms with E-state index >= 15 is 0 Å². The molecular formula is C25H20BrFN2O3. The van der Waals surface area contributed by atoms with Gasteiger partial charge in [-0.15, -0.1) is 0 Å². The highest BCUT2D eigenvalue weighted by Gasteiger charge is 2.14. The Labute approximate surface area is 194 Å². The number of anilines is 1. The highest BCUT2D eigenvalue weighted by molar-refractivity contribution is 9.10. The van der Waals surface area contributed by atoms with Crippen LogP contribution in [0.1, 0.15) is 16.7 Å². The Kier molecular flexibility index (Phi) is 7.63. The van der Waals surface area contributed by atoms with Crippen molar-refractivity contribution in [1.29, 1.82) is 5.26 Å². The lowest BCUT2D eigenvalue weighted by Crippen LogP contribution is -2.13. The summed E-state index contributed by atoms with van der Waals surface area (Å²) in [7, 11) is 1.51. The predicted octanol–water partition coefficient (Wildman–Crippen LogP) is 6.03. The summed E-state index contributed by atoms with van der Waals surface area (Å²) < 4.78 is 25.1. The van der Waals surface area contributed by atoms with Gasteiger partial charge in [-0.1, -0.05) is 29.8 Å². The number of carbonyl (C=O) groups excluding carboxylic acids is 1. The summed E-state index contributed by atoms with van der Waals surface area (Å²) in [6.45, 7) is 2.37. The van der Waals surface area contributed by atoms with Gasteiger partial charge in [-0.3, -0.25) is 4.79 Å². The quantitative estimate of drug-likeness (QED) is 0.321. The van der Waals surface area contributed by atoms with E-state index in [9.17, 15) is 14.4 Å². The summed E-state index contributed by atoms with van der Waals surface area (Å²) in [5.74, 6) is -0.0527. The molecule has 3 aromatic carbocycles. The molecule has 0 unspecified atom stereocenters. The Hall–Kier alpha value is -3.63. The molecule has 0 spiro atoms. The van der Waals surface area contributed by atoms with Gasteiger partial charge in [0.05, 0.1) is 11.6 Å². The monoisotopic (exact) mass is 494 g/mol. The van der Waals surface area contributed by atoms with Gasteiger partial charge in [0.25, 0.3) is 5.91 Å². The van der Waals surface area contributed by atoms with Gasteiger partial charge in [0.2, 0.25) is 0 Å². The second-order valence-electron chi connectivity index (χ2n) is 6.94. The molecule has 0 heterocycles. The number of hydrogen-bond donors (Lipinski definition) is 1. The minimum absolute atomic E-state index is 0.114. The molecule has 3 aromatic rings. The fourth-order valence-electron chi connectivity index (χ4n) is 2.85. The lowest BCUT2D eigenvalue weighted by Gasteiger charge is -2.14. The molecule has 0 bridgehead atoms. The van der Waals surface area contributed by atoms with Crippen molar-refractivity contribution in [1.82, 2.24) is 0 Å². The van der Waals surface area contributed by atoms with Crippen molar-refractivity contribution < 1.29 is 18.7 Å². The van der Waals surface area contributed by atoms with Gasteiger partial charge in [0, 0.05) is 5.69 Å². The highest BCUT2D eigenvalue weighted by Crippen LogP contribution is 2.37. The number of nitrogens with zero attached hydrogens (tertiary/aromatic N) is 1. The number of hydrogen-bond acceptors (Lipinski definition) is 4. The molecule has 0 fully saturated rings. The number of aryl methyl sites for hydroxylation is 1. The molecule has 0 saturated carbocycles. The summed E-state index contributed by atoms with van der Waals surface area (Å²) in [4.78, 5) is 12.5. The summed E-state index contributed by atoms with van der Waals surface area (Å²) in [5.41, 5.74) is 3.02. The molecule has 0 aliphatic rings. The minimum Gasteiger partial charge on any atom is -0.493 e. The Morgan fingerprint density at radius 1 is 1.16 bits per heavy atom. The van der Waals surface area contributed by atoms with E-state index in [0.717, 1.165) is 5.56 Å². The predicted molar refractivity (Wildman–Crippen MR) is 125 cm³/mol. The van der Waals surface area contributed by atoms with Crippen molar-refractivity contribution in [2.45, 2.75) is 13.5 Å². The van der Waals surface area contributed by atoms with Crippen LogP contribution in [-0.4, -0.2) is 13.0 Å². The molecule has 0 aliphatic carbocycles. The third-order valence-electron chi connectivity index (χ3n) is 4.53. The summed E-state index contributed by atoms with van der Waals surface area (Å²) in [5, 5.41) is 12.0. The van der Waals surface area contributed by atoms with Gasteiger partial charge in [0.15, 0.2) is 11.5 Å². The Morgan fingerprint density at radius 2 is 1.84 bits per heavy atom. The standard InChI is InChI=1S/C25H20BrFN2O3/c1-16-3-5-17(6-4-16)15-32-24-22(26)12-18(13-23(24)31-2)11-19(14-28)25(30)29-21-9-7-20(27)8-10-21/h3-13H,15H2,1-2H3,(H,29,30)/b19-11-. The van der Waals surface area contributed by atoms with Gasteiger partial charge in [0.1, 0.15) is 24.1 Å². The molecule has 0 radical (unpaired) electrons. The van der Waals surface area contributed by atoms with Crippen molar-refractivity contribution in [3.63, 3.8) is 0 Å². The van der Waals surface area contributed by atoms with E-state index in [4.69, 9.17) is 9.47 Å². The Balaban J connectivity index is 1.80. The molecule has 0 aromatic heterocycles. The van der Waals surface area contributed by atoms with Gasteiger partial charge in [-0.25, -0.2) is 4.39 Å².